The Balaban J connectivity index is 2.21. The van der Waals surface area contributed by atoms with Gasteiger partial charge in [-0.3, -0.25) is 0 Å². The third-order valence-electron chi connectivity index (χ3n) is 2.59. The maximum Gasteiger partial charge on any atom is 0.126 e. The number of halogens is 1. The molecule has 0 saturated carbocycles. The van der Waals surface area contributed by atoms with Gasteiger partial charge < -0.3 is 5.73 Å². The van der Waals surface area contributed by atoms with Crippen molar-refractivity contribution in [2.45, 2.75) is 19.8 Å². The largest absolute Gasteiger partial charge is 0.330 e. The van der Waals surface area contributed by atoms with E-state index in [-0.39, 0.29) is 5.82 Å². The van der Waals surface area contributed by atoms with Crippen LogP contribution in [0.25, 0.3) is 10.4 Å². The van der Waals surface area contributed by atoms with Crippen molar-refractivity contribution in [1.82, 2.24) is 4.98 Å². The summed E-state index contributed by atoms with van der Waals surface area (Å²) in [6.07, 6.45) is 3.72. The lowest BCUT2D eigenvalue weighted by Gasteiger charge is -1.99. The minimum absolute atomic E-state index is 0.165. The minimum atomic E-state index is -0.165. The van der Waals surface area contributed by atoms with Gasteiger partial charge >= 0.3 is 0 Å². The molecular formula is C13H15FN2S. The Labute approximate surface area is 104 Å². The Morgan fingerprint density at radius 2 is 2.24 bits per heavy atom. The van der Waals surface area contributed by atoms with E-state index in [0.29, 0.717) is 12.1 Å². The average Bonchev–Trinajstić information content (AvgIpc) is 2.79. The number of thiazole rings is 1. The quantitative estimate of drug-likeness (QED) is 0.905. The predicted octanol–water partition coefficient (Wildman–Crippen LogP) is 3.15. The second kappa shape index (κ2) is 5.38. The summed E-state index contributed by atoms with van der Waals surface area (Å²) >= 11 is 1.65. The van der Waals surface area contributed by atoms with E-state index in [9.17, 15) is 4.39 Å². The molecule has 0 fully saturated rings. The molecule has 0 spiro atoms. The van der Waals surface area contributed by atoms with Gasteiger partial charge in [-0.15, -0.1) is 11.3 Å². The van der Waals surface area contributed by atoms with Gasteiger partial charge in [-0.25, -0.2) is 9.37 Å². The van der Waals surface area contributed by atoms with Crippen LogP contribution in [0.1, 0.15) is 17.0 Å². The van der Waals surface area contributed by atoms with Crippen LogP contribution in [0.5, 0.6) is 0 Å². The second-order valence-electron chi connectivity index (χ2n) is 3.97. The zero-order chi connectivity index (χ0) is 12.3. The van der Waals surface area contributed by atoms with Gasteiger partial charge in [-0.05, 0) is 43.1 Å². The highest BCUT2D eigenvalue weighted by molar-refractivity contribution is 7.15. The van der Waals surface area contributed by atoms with E-state index in [1.54, 1.807) is 24.3 Å². The molecule has 0 amide bonds. The first kappa shape index (κ1) is 12.2. The van der Waals surface area contributed by atoms with Crippen LogP contribution in [0.4, 0.5) is 4.39 Å². The van der Waals surface area contributed by atoms with Gasteiger partial charge in [0.05, 0.1) is 9.88 Å². The SMILES string of the molecule is Cc1cc(-c2cnc(CCCN)s2)ccc1F. The van der Waals surface area contributed by atoms with E-state index in [2.05, 4.69) is 4.98 Å². The third-order valence-corrected chi connectivity index (χ3v) is 3.70. The van der Waals surface area contributed by atoms with Gasteiger partial charge in [-0.1, -0.05) is 6.07 Å². The molecule has 0 aliphatic rings. The monoisotopic (exact) mass is 250 g/mol. The van der Waals surface area contributed by atoms with Gasteiger partial charge in [-0.2, -0.15) is 0 Å². The Morgan fingerprint density at radius 3 is 2.94 bits per heavy atom. The normalized spacial score (nSPS) is 10.8. The molecule has 4 heteroatoms. The van der Waals surface area contributed by atoms with Crippen LogP contribution in [0, 0.1) is 12.7 Å². The fraction of sp³-hybridized carbons (Fsp3) is 0.308. The minimum Gasteiger partial charge on any atom is -0.330 e. The molecule has 17 heavy (non-hydrogen) atoms. The molecule has 0 saturated heterocycles. The Hall–Kier alpha value is -1.26. The molecule has 90 valence electrons. The average molecular weight is 250 g/mol. The maximum atomic E-state index is 13.2. The van der Waals surface area contributed by atoms with Gasteiger partial charge in [0, 0.05) is 12.6 Å². The molecule has 2 N–H and O–H groups in total. The molecule has 0 aliphatic carbocycles. The molecule has 0 unspecified atom stereocenters. The van der Waals surface area contributed by atoms with Crippen LogP contribution in [0.15, 0.2) is 24.4 Å². The van der Waals surface area contributed by atoms with E-state index in [0.717, 1.165) is 28.3 Å². The number of rotatable bonds is 4. The Kier molecular flexibility index (Phi) is 3.86. The summed E-state index contributed by atoms with van der Waals surface area (Å²) in [5.41, 5.74) is 7.16. The number of aryl methyl sites for hydroxylation is 2. The highest BCUT2D eigenvalue weighted by Crippen LogP contribution is 2.27. The summed E-state index contributed by atoms with van der Waals surface area (Å²) in [5, 5.41) is 1.09. The van der Waals surface area contributed by atoms with Crippen molar-refractivity contribution >= 4 is 11.3 Å². The van der Waals surface area contributed by atoms with Crippen molar-refractivity contribution in [3.05, 3.63) is 40.8 Å². The first-order valence-electron chi connectivity index (χ1n) is 5.62. The molecule has 0 bridgehead atoms. The van der Waals surface area contributed by atoms with Crippen molar-refractivity contribution < 1.29 is 4.39 Å². The van der Waals surface area contributed by atoms with Crippen molar-refractivity contribution in [3.8, 4) is 10.4 Å². The van der Waals surface area contributed by atoms with E-state index < -0.39 is 0 Å². The zero-order valence-electron chi connectivity index (χ0n) is 9.74. The van der Waals surface area contributed by atoms with Gasteiger partial charge in [0.15, 0.2) is 0 Å². The second-order valence-corrected chi connectivity index (χ2v) is 5.09. The number of hydrogen-bond acceptors (Lipinski definition) is 3. The highest BCUT2D eigenvalue weighted by atomic mass is 32.1. The molecule has 2 nitrogen and oxygen atoms in total. The van der Waals surface area contributed by atoms with Crippen LogP contribution in [0.2, 0.25) is 0 Å². The summed E-state index contributed by atoms with van der Waals surface area (Å²) < 4.78 is 13.2. The molecule has 1 heterocycles. The first-order valence-corrected chi connectivity index (χ1v) is 6.43. The van der Waals surface area contributed by atoms with Gasteiger partial charge in [0.2, 0.25) is 0 Å². The zero-order valence-corrected chi connectivity index (χ0v) is 10.6. The van der Waals surface area contributed by atoms with E-state index in [4.69, 9.17) is 5.73 Å². The van der Waals surface area contributed by atoms with Gasteiger partial charge in [0.1, 0.15) is 5.82 Å². The van der Waals surface area contributed by atoms with Crippen LogP contribution < -0.4 is 5.73 Å². The molecule has 1 aromatic heterocycles. The number of benzene rings is 1. The standard InChI is InChI=1S/C13H15FN2S/c1-9-7-10(4-5-11(9)14)12-8-16-13(17-12)3-2-6-15/h4-5,7-8H,2-3,6,15H2,1H3. The van der Waals surface area contributed by atoms with E-state index in [1.807, 2.05) is 12.3 Å². The van der Waals surface area contributed by atoms with Crippen molar-refractivity contribution in [2.75, 3.05) is 6.54 Å². The molecular weight excluding hydrogens is 235 g/mol. The Bertz CT molecular complexity index is 508. The molecule has 2 aromatic rings. The Morgan fingerprint density at radius 1 is 1.41 bits per heavy atom. The number of aromatic nitrogens is 1. The lowest BCUT2D eigenvalue weighted by molar-refractivity contribution is 0.619. The van der Waals surface area contributed by atoms with Crippen LogP contribution in [-0.2, 0) is 6.42 Å². The first-order chi connectivity index (χ1) is 8.20. The summed E-state index contributed by atoms with van der Waals surface area (Å²) in [5.74, 6) is -0.165. The summed E-state index contributed by atoms with van der Waals surface area (Å²) in [6, 6.07) is 5.15. The highest BCUT2D eigenvalue weighted by Gasteiger charge is 2.06. The van der Waals surface area contributed by atoms with E-state index >= 15 is 0 Å². The molecule has 0 aliphatic heterocycles. The summed E-state index contributed by atoms with van der Waals surface area (Å²) in [4.78, 5) is 5.43. The molecule has 0 atom stereocenters. The molecule has 0 radical (unpaired) electrons. The van der Waals surface area contributed by atoms with Crippen molar-refractivity contribution in [2.24, 2.45) is 5.73 Å². The van der Waals surface area contributed by atoms with Crippen LogP contribution >= 0.6 is 11.3 Å². The topological polar surface area (TPSA) is 38.9 Å². The van der Waals surface area contributed by atoms with Crippen LogP contribution in [-0.4, -0.2) is 11.5 Å². The molecule has 1 aromatic carbocycles. The number of nitrogens with zero attached hydrogens (tertiary/aromatic N) is 1. The fourth-order valence-corrected chi connectivity index (χ4v) is 2.57. The van der Waals surface area contributed by atoms with Crippen LogP contribution in [0.3, 0.4) is 0 Å². The molecule has 2 rings (SSSR count). The van der Waals surface area contributed by atoms with E-state index in [1.165, 1.54) is 6.07 Å². The van der Waals surface area contributed by atoms with Crippen molar-refractivity contribution in [3.63, 3.8) is 0 Å². The summed E-state index contributed by atoms with van der Waals surface area (Å²) in [7, 11) is 0. The van der Waals surface area contributed by atoms with Gasteiger partial charge in [0.25, 0.3) is 0 Å². The number of hydrogen-bond donors (Lipinski definition) is 1. The smallest absolute Gasteiger partial charge is 0.126 e. The predicted molar refractivity (Wildman–Crippen MR) is 69.6 cm³/mol. The number of nitrogens with two attached hydrogens (primary N) is 1. The summed E-state index contributed by atoms with van der Waals surface area (Å²) in [6.45, 7) is 2.46. The maximum absolute atomic E-state index is 13.2. The van der Waals surface area contributed by atoms with Crippen molar-refractivity contribution in [1.29, 1.82) is 0 Å². The fourth-order valence-electron chi connectivity index (χ4n) is 1.61. The third kappa shape index (κ3) is 2.90. The lowest BCUT2D eigenvalue weighted by Crippen LogP contribution is -1.99. The lowest BCUT2D eigenvalue weighted by atomic mass is 10.1.